The van der Waals surface area contributed by atoms with E-state index in [1.54, 1.807) is 7.05 Å². The Morgan fingerprint density at radius 1 is 1.62 bits per heavy atom. The molecule has 1 saturated heterocycles. The highest BCUT2D eigenvalue weighted by molar-refractivity contribution is 5.73. The van der Waals surface area contributed by atoms with Crippen LogP contribution in [-0.2, 0) is 0 Å². The van der Waals surface area contributed by atoms with E-state index in [4.69, 9.17) is 0 Å². The number of amides is 2. The fourth-order valence-electron chi connectivity index (χ4n) is 1.78. The van der Waals surface area contributed by atoms with Crippen LogP contribution in [-0.4, -0.2) is 43.7 Å². The van der Waals surface area contributed by atoms with Gasteiger partial charge in [-0.15, -0.1) is 0 Å². The van der Waals surface area contributed by atoms with Gasteiger partial charge in [0.2, 0.25) is 0 Å². The number of rotatable bonds is 2. The third kappa shape index (κ3) is 2.88. The molecule has 0 aromatic heterocycles. The number of nitrogens with one attached hydrogen (secondary N) is 2. The maximum atomic E-state index is 11.3. The molecule has 0 aromatic rings. The van der Waals surface area contributed by atoms with Crippen molar-refractivity contribution in [3.8, 4) is 0 Å². The van der Waals surface area contributed by atoms with Crippen LogP contribution in [0.3, 0.4) is 0 Å². The molecule has 0 spiro atoms. The van der Waals surface area contributed by atoms with Crippen LogP contribution in [0.2, 0.25) is 0 Å². The van der Waals surface area contributed by atoms with Gasteiger partial charge in [-0.25, -0.2) is 4.79 Å². The van der Waals surface area contributed by atoms with Gasteiger partial charge in [-0.05, 0) is 19.4 Å². The van der Waals surface area contributed by atoms with E-state index >= 15 is 0 Å². The Hall–Kier alpha value is -0.770. The molecule has 1 rings (SSSR count). The highest BCUT2D eigenvalue weighted by Crippen LogP contribution is 2.09. The minimum absolute atomic E-state index is 0.0441. The van der Waals surface area contributed by atoms with Crippen molar-refractivity contribution in [1.82, 2.24) is 15.5 Å². The first-order chi connectivity index (χ1) is 6.27. The zero-order chi connectivity index (χ0) is 9.68. The topological polar surface area (TPSA) is 44.4 Å². The first-order valence-electron chi connectivity index (χ1n) is 4.98. The van der Waals surface area contributed by atoms with Crippen molar-refractivity contribution < 1.29 is 4.79 Å². The summed E-state index contributed by atoms with van der Waals surface area (Å²) in [4.78, 5) is 13.2. The van der Waals surface area contributed by atoms with Gasteiger partial charge in [0.15, 0.2) is 0 Å². The molecule has 1 heterocycles. The Kier molecular flexibility index (Phi) is 4.02. The molecule has 0 aliphatic carbocycles. The number of piperidine rings is 1. The molecule has 0 saturated carbocycles. The molecule has 4 heteroatoms. The van der Waals surface area contributed by atoms with Crippen LogP contribution in [0, 0.1) is 0 Å². The van der Waals surface area contributed by atoms with E-state index in [1.165, 1.54) is 6.42 Å². The van der Waals surface area contributed by atoms with E-state index in [0.29, 0.717) is 6.04 Å². The maximum Gasteiger partial charge on any atom is 0.317 e. The molecular weight excluding hydrogens is 166 g/mol. The predicted octanol–water partition coefficient (Wildman–Crippen LogP) is 0.400. The monoisotopic (exact) mass is 185 g/mol. The zero-order valence-corrected chi connectivity index (χ0v) is 8.47. The third-order valence-corrected chi connectivity index (χ3v) is 2.42. The van der Waals surface area contributed by atoms with Crippen molar-refractivity contribution in [3.63, 3.8) is 0 Å². The van der Waals surface area contributed by atoms with E-state index in [1.807, 2.05) is 4.90 Å². The van der Waals surface area contributed by atoms with Crippen LogP contribution < -0.4 is 10.6 Å². The minimum Gasteiger partial charge on any atom is -0.341 e. The lowest BCUT2D eigenvalue weighted by molar-refractivity contribution is 0.175. The second-order valence-corrected chi connectivity index (χ2v) is 3.40. The molecule has 1 fully saturated rings. The molecule has 1 atom stereocenters. The average Bonchev–Trinajstić information content (AvgIpc) is 2.18. The van der Waals surface area contributed by atoms with Crippen molar-refractivity contribution in [3.05, 3.63) is 0 Å². The van der Waals surface area contributed by atoms with Crippen LogP contribution in [0.5, 0.6) is 0 Å². The van der Waals surface area contributed by atoms with Gasteiger partial charge in [0.05, 0.1) is 0 Å². The van der Waals surface area contributed by atoms with E-state index in [0.717, 1.165) is 26.1 Å². The number of urea groups is 1. The predicted molar refractivity (Wildman–Crippen MR) is 52.7 cm³/mol. The summed E-state index contributed by atoms with van der Waals surface area (Å²) in [6.45, 7) is 4.81. The van der Waals surface area contributed by atoms with E-state index in [2.05, 4.69) is 17.6 Å². The van der Waals surface area contributed by atoms with Crippen LogP contribution in [0.1, 0.15) is 19.8 Å². The van der Waals surface area contributed by atoms with Crippen LogP contribution in [0.4, 0.5) is 4.79 Å². The summed E-state index contributed by atoms with van der Waals surface area (Å²) in [5, 5.41) is 6.03. The number of likely N-dealkylation sites (tertiary alicyclic amines) is 1. The normalized spacial score (nSPS) is 22.9. The van der Waals surface area contributed by atoms with E-state index < -0.39 is 0 Å². The second kappa shape index (κ2) is 5.07. The van der Waals surface area contributed by atoms with Crippen molar-refractivity contribution in [2.24, 2.45) is 0 Å². The first-order valence-corrected chi connectivity index (χ1v) is 4.98. The molecule has 1 aliphatic heterocycles. The second-order valence-electron chi connectivity index (χ2n) is 3.40. The summed E-state index contributed by atoms with van der Waals surface area (Å²) < 4.78 is 0. The summed E-state index contributed by atoms with van der Waals surface area (Å²) in [7, 11) is 1.68. The fourth-order valence-corrected chi connectivity index (χ4v) is 1.78. The van der Waals surface area contributed by atoms with Crippen molar-refractivity contribution in [2.75, 3.05) is 26.7 Å². The Labute approximate surface area is 79.7 Å². The lowest BCUT2D eigenvalue weighted by Crippen LogP contribution is -2.50. The largest absolute Gasteiger partial charge is 0.341 e. The molecule has 76 valence electrons. The van der Waals surface area contributed by atoms with Crippen LogP contribution in [0.25, 0.3) is 0 Å². The average molecular weight is 185 g/mol. The highest BCUT2D eigenvalue weighted by Gasteiger charge is 2.21. The van der Waals surface area contributed by atoms with Crippen molar-refractivity contribution in [1.29, 1.82) is 0 Å². The van der Waals surface area contributed by atoms with Crippen molar-refractivity contribution in [2.45, 2.75) is 25.8 Å². The van der Waals surface area contributed by atoms with Gasteiger partial charge in [0.25, 0.3) is 0 Å². The summed E-state index contributed by atoms with van der Waals surface area (Å²) in [6.07, 6.45) is 2.28. The molecule has 1 unspecified atom stereocenters. The molecule has 2 amide bonds. The Balaban J connectivity index is 2.37. The Bertz CT molecular complexity index is 170. The van der Waals surface area contributed by atoms with E-state index in [-0.39, 0.29) is 6.03 Å². The highest BCUT2D eigenvalue weighted by atomic mass is 16.2. The smallest absolute Gasteiger partial charge is 0.317 e. The van der Waals surface area contributed by atoms with Gasteiger partial charge in [-0.3, -0.25) is 0 Å². The van der Waals surface area contributed by atoms with Gasteiger partial charge in [0, 0.05) is 26.2 Å². The van der Waals surface area contributed by atoms with Gasteiger partial charge in [-0.1, -0.05) is 6.92 Å². The number of nitrogens with zero attached hydrogens (tertiary/aromatic N) is 1. The molecule has 2 N–H and O–H groups in total. The van der Waals surface area contributed by atoms with Gasteiger partial charge in [-0.2, -0.15) is 0 Å². The summed E-state index contributed by atoms with van der Waals surface area (Å²) in [5.74, 6) is 0. The quantitative estimate of drug-likeness (QED) is 0.654. The molecular formula is C9H19N3O. The van der Waals surface area contributed by atoms with Gasteiger partial charge < -0.3 is 15.5 Å². The first kappa shape index (κ1) is 10.3. The van der Waals surface area contributed by atoms with Crippen LogP contribution in [0.15, 0.2) is 0 Å². The Morgan fingerprint density at radius 2 is 2.38 bits per heavy atom. The number of likely N-dealkylation sites (N-methyl/N-ethyl adjacent to an activating group) is 1. The van der Waals surface area contributed by atoms with Crippen LogP contribution >= 0.6 is 0 Å². The van der Waals surface area contributed by atoms with Gasteiger partial charge in [0.1, 0.15) is 0 Å². The summed E-state index contributed by atoms with van der Waals surface area (Å²) in [6, 6.07) is 0.527. The number of hydrogen-bond acceptors (Lipinski definition) is 2. The molecule has 1 aliphatic rings. The van der Waals surface area contributed by atoms with E-state index in [9.17, 15) is 4.79 Å². The standard InChI is InChI=1S/C9H19N3O/c1-3-11-8-5-4-6-12(7-8)9(13)10-2/h8,11H,3-7H2,1-2H3,(H,10,13). The molecule has 0 bridgehead atoms. The maximum absolute atomic E-state index is 11.3. The van der Waals surface area contributed by atoms with Crippen molar-refractivity contribution >= 4 is 6.03 Å². The molecule has 0 radical (unpaired) electrons. The third-order valence-electron chi connectivity index (χ3n) is 2.42. The SMILES string of the molecule is CCNC1CCCN(C(=O)NC)C1. The lowest BCUT2D eigenvalue weighted by Gasteiger charge is -2.32. The Morgan fingerprint density at radius 3 is 3.00 bits per heavy atom. The lowest BCUT2D eigenvalue weighted by atomic mass is 10.1. The van der Waals surface area contributed by atoms with Gasteiger partial charge >= 0.3 is 6.03 Å². The molecule has 4 nitrogen and oxygen atoms in total. The fraction of sp³-hybridized carbons (Fsp3) is 0.889. The number of carbonyl (C=O) groups is 1. The molecule has 13 heavy (non-hydrogen) atoms. The minimum atomic E-state index is 0.0441. The summed E-state index contributed by atoms with van der Waals surface area (Å²) >= 11 is 0. The summed E-state index contributed by atoms with van der Waals surface area (Å²) in [5.41, 5.74) is 0. The number of hydrogen-bond donors (Lipinski definition) is 2. The number of carbonyl (C=O) groups excluding carboxylic acids is 1. The zero-order valence-electron chi connectivity index (χ0n) is 8.47. The molecule has 0 aromatic carbocycles.